The molecular formula is C12H12BrClN2O. The molecule has 0 amide bonds. The van der Waals surface area contributed by atoms with E-state index in [1.165, 1.54) is 0 Å². The van der Waals surface area contributed by atoms with Crippen LogP contribution in [0.15, 0.2) is 27.3 Å². The van der Waals surface area contributed by atoms with Gasteiger partial charge in [0.1, 0.15) is 5.15 Å². The molecular weight excluding hydrogens is 304 g/mol. The maximum absolute atomic E-state index is 5.99. The average Bonchev–Trinajstić information content (AvgIpc) is 2.62. The lowest BCUT2D eigenvalue weighted by Gasteiger charge is -2.06. The second-order valence-electron chi connectivity index (χ2n) is 4.20. The first-order chi connectivity index (χ1) is 8.06. The summed E-state index contributed by atoms with van der Waals surface area (Å²) in [7, 11) is 0. The lowest BCUT2D eigenvalue weighted by atomic mass is 10.1. The van der Waals surface area contributed by atoms with Crippen LogP contribution in [-0.2, 0) is 6.42 Å². The van der Waals surface area contributed by atoms with Gasteiger partial charge in [-0.2, -0.15) is 0 Å². The summed E-state index contributed by atoms with van der Waals surface area (Å²) in [5.41, 5.74) is 0.929. The molecule has 2 aromatic heterocycles. The predicted octanol–water partition coefficient (Wildman–Crippen LogP) is 4.35. The maximum atomic E-state index is 5.99. The summed E-state index contributed by atoms with van der Waals surface area (Å²) < 4.78 is 6.16. The number of furan rings is 1. The summed E-state index contributed by atoms with van der Waals surface area (Å²) in [6, 6.07) is 3.60. The van der Waals surface area contributed by atoms with E-state index in [1.54, 1.807) is 12.3 Å². The molecule has 2 heterocycles. The highest BCUT2D eigenvalue weighted by Crippen LogP contribution is 2.27. The van der Waals surface area contributed by atoms with Crippen molar-refractivity contribution < 1.29 is 4.42 Å². The van der Waals surface area contributed by atoms with Gasteiger partial charge in [-0.3, -0.25) is 0 Å². The zero-order valence-electron chi connectivity index (χ0n) is 9.58. The Hall–Kier alpha value is -0.870. The van der Waals surface area contributed by atoms with E-state index in [9.17, 15) is 0 Å². The third kappa shape index (κ3) is 3.07. The van der Waals surface area contributed by atoms with E-state index in [1.807, 2.05) is 6.07 Å². The minimum atomic E-state index is 0.439. The van der Waals surface area contributed by atoms with Gasteiger partial charge in [0.2, 0.25) is 0 Å². The second kappa shape index (κ2) is 5.19. The van der Waals surface area contributed by atoms with E-state index in [4.69, 9.17) is 16.0 Å². The van der Waals surface area contributed by atoms with Crippen LogP contribution in [0, 0.1) is 5.92 Å². The standard InChI is InChI=1S/C12H12BrClN2O/c1-7(2)5-8-6-10(14)16-12(15-8)11-9(13)3-4-17-11/h3-4,6-7H,5H2,1-2H3. The van der Waals surface area contributed by atoms with Crippen molar-refractivity contribution in [1.82, 2.24) is 9.97 Å². The third-order valence-electron chi connectivity index (χ3n) is 2.19. The number of aromatic nitrogens is 2. The number of nitrogens with zero attached hydrogens (tertiary/aromatic N) is 2. The molecule has 0 aromatic carbocycles. The Morgan fingerprint density at radius 2 is 2.18 bits per heavy atom. The number of hydrogen-bond acceptors (Lipinski definition) is 3. The zero-order chi connectivity index (χ0) is 12.4. The fraction of sp³-hybridized carbons (Fsp3) is 0.333. The smallest absolute Gasteiger partial charge is 0.198 e. The average molecular weight is 316 g/mol. The van der Waals surface area contributed by atoms with Crippen LogP contribution in [0.25, 0.3) is 11.6 Å². The predicted molar refractivity (Wildman–Crippen MR) is 71.0 cm³/mol. The van der Waals surface area contributed by atoms with Gasteiger partial charge in [0.25, 0.3) is 0 Å². The van der Waals surface area contributed by atoms with E-state index < -0.39 is 0 Å². The molecule has 0 fully saturated rings. The van der Waals surface area contributed by atoms with Crippen LogP contribution in [-0.4, -0.2) is 9.97 Å². The Labute approximate surface area is 113 Å². The van der Waals surface area contributed by atoms with Gasteiger partial charge < -0.3 is 4.42 Å². The van der Waals surface area contributed by atoms with Crippen molar-refractivity contribution in [3.05, 3.63) is 33.7 Å². The van der Waals surface area contributed by atoms with Crippen molar-refractivity contribution in [3.63, 3.8) is 0 Å². The van der Waals surface area contributed by atoms with Gasteiger partial charge in [0.15, 0.2) is 11.6 Å². The summed E-state index contributed by atoms with van der Waals surface area (Å²) in [6.07, 6.45) is 2.46. The molecule has 0 unspecified atom stereocenters. The third-order valence-corrected chi connectivity index (χ3v) is 3.00. The molecule has 0 atom stereocenters. The molecule has 0 bridgehead atoms. The van der Waals surface area contributed by atoms with E-state index >= 15 is 0 Å². The largest absolute Gasteiger partial charge is 0.460 e. The van der Waals surface area contributed by atoms with E-state index in [-0.39, 0.29) is 0 Å². The lowest BCUT2D eigenvalue weighted by Crippen LogP contribution is -2.00. The second-order valence-corrected chi connectivity index (χ2v) is 5.44. The molecule has 0 spiro atoms. The van der Waals surface area contributed by atoms with Gasteiger partial charge in [0.05, 0.1) is 10.7 Å². The van der Waals surface area contributed by atoms with Crippen LogP contribution in [0.1, 0.15) is 19.5 Å². The maximum Gasteiger partial charge on any atom is 0.198 e. The van der Waals surface area contributed by atoms with Crippen LogP contribution in [0.3, 0.4) is 0 Å². The Balaban J connectivity index is 2.42. The van der Waals surface area contributed by atoms with Crippen LogP contribution >= 0.6 is 27.5 Å². The van der Waals surface area contributed by atoms with Gasteiger partial charge in [0, 0.05) is 5.69 Å². The molecule has 5 heteroatoms. The highest BCUT2D eigenvalue weighted by molar-refractivity contribution is 9.10. The molecule has 3 nitrogen and oxygen atoms in total. The van der Waals surface area contributed by atoms with Crippen molar-refractivity contribution in [2.75, 3.05) is 0 Å². The fourth-order valence-electron chi connectivity index (χ4n) is 1.54. The van der Waals surface area contributed by atoms with Crippen molar-refractivity contribution in [2.45, 2.75) is 20.3 Å². The molecule has 2 rings (SSSR count). The van der Waals surface area contributed by atoms with Gasteiger partial charge in [-0.1, -0.05) is 25.4 Å². The van der Waals surface area contributed by atoms with Gasteiger partial charge in [-0.05, 0) is 40.4 Å². The van der Waals surface area contributed by atoms with Crippen LogP contribution in [0.2, 0.25) is 5.15 Å². The minimum absolute atomic E-state index is 0.439. The van der Waals surface area contributed by atoms with Crippen molar-refractivity contribution in [3.8, 4) is 11.6 Å². The zero-order valence-corrected chi connectivity index (χ0v) is 11.9. The Kier molecular flexibility index (Phi) is 3.84. The molecule has 0 aliphatic heterocycles. The monoisotopic (exact) mass is 314 g/mol. The van der Waals surface area contributed by atoms with Gasteiger partial charge in [-0.15, -0.1) is 0 Å². The topological polar surface area (TPSA) is 38.9 Å². The molecule has 0 aliphatic carbocycles. The molecule has 0 saturated heterocycles. The highest BCUT2D eigenvalue weighted by Gasteiger charge is 2.12. The Morgan fingerprint density at radius 3 is 2.76 bits per heavy atom. The van der Waals surface area contributed by atoms with E-state index in [2.05, 4.69) is 39.7 Å². The Morgan fingerprint density at radius 1 is 1.41 bits per heavy atom. The summed E-state index contributed by atoms with van der Waals surface area (Å²) in [5, 5.41) is 0.439. The quantitative estimate of drug-likeness (QED) is 0.790. The number of hydrogen-bond donors (Lipinski definition) is 0. The van der Waals surface area contributed by atoms with Crippen LogP contribution in [0.4, 0.5) is 0 Å². The van der Waals surface area contributed by atoms with Crippen molar-refractivity contribution >= 4 is 27.5 Å². The first-order valence-corrected chi connectivity index (χ1v) is 6.50. The molecule has 17 heavy (non-hydrogen) atoms. The minimum Gasteiger partial charge on any atom is -0.460 e. The van der Waals surface area contributed by atoms with Crippen LogP contribution in [0.5, 0.6) is 0 Å². The normalized spacial score (nSPS) is 11.1. The fourth-order valence-corrected chi connectivity index (χ4v) is 2.13. The summed E-state index contributed by atoms with van der Waals surface area (Å²) in [5.74, 6) is 1.65. The summed E-state index contributed by atoms with van der Waals surface area (Å²) in [4.78, 5) is 8.63. The van der Waals surface area contributed by atoms with Gasteiger partial charge in [-0.25, -0.2) is 9.97 Å². The number of halogens is 2. The number of rotatable bonds is 3. The molecule has 90 valence electrons. The molecule has 0 saturated carbocycles. The van der Waals surface area contributed by atoms with Crippen molar-refractivity contribution in [2.24, 2.45) is 5.92 Å². The van der Waals surface area contributed by atoms with Crippen molar-refractivity contribution in [1.29, 1.82) is 0 Å². The molecule has 0 N–H and O–H groups in total. The van der Waals surface area contributed by atoms with E-state index in [0.717, 1.165) is 16.6 Å². The molecule has 2 aromatic rings. The summed E-state index contributed by atoms with van der Waals surface area (Å²) >= 11 is 9.38. The Bertz CT molecular complexity index is 525. The van der Waals surface area contributed by atoms with Gasteiger partial charge >= 0.3 is 0 Å². The lowest BCUT2D eigenvalue weighted by molar-refractivity contribution is 0.574. The first-order valence-electron chi connectivity index (χ1n) is 5.33. The summed E-state index contributed by atoms with van der Waals surface area (Å²) in [6.45, 7) is 4.27. The first kappa shape index (κ1) is 12.6. The SMILES string of the molecule is CC(C)Cc1cc(Cl)nc(-c2occc2Br)n1. The molecule has 0 radical (unpaired) electrons. The highest BCUT2D eigenvalue weighted by atomic mass is 79.9. The van der Waals surface area contributed by atoms with Crippen LogP contribution < -0.4 is 0 Å². The van der Waals surface area contributed by atoms with E-state index in [0.29, 0.717) is 22.7 Å². The molecule has 0 aliphatic rings.